The normalized spacial score (nSPS) is 10.4. The van der Waals surface area contributed by atoms with Gasteiger partial charge >= 0.3 is 0 Å². The first-order chi connectivity index (χ1) is 10.3. The van der Waals surface area contributed by atoms with Crippen molar-refractivity contribution in [3.05, 3.63) is 54.7 Å². The molecule has 0 radical (unpaired) electrons. The maximum atomic E-state index is 13.7. The Labute approximate surface area is 120 Å². The molecule has 1 N–H and O–H groups in total. The third kappa shape index (κ3) is 2.81. The molecule has 0 unspecified atom stereocenters. The fourth-order valence-corrected chi connectivity index (χ4v) is 1.80. The number of hydrogen-bond donors (Lipinski definition) is 1. The number of anilines is 2. The standard InChI is InChI=1S/C14H12FN5O/c1-21-13-6-7-16-14(19-13)18-10-8-17-20(9-10)12-5-3-2-4-11(12)15/h2-9H,1H3,(H,16,18,19). The fraction of sp³-hybridized carbons (Fsp3) is 0.0714. The van der Waals surface area contributed by atoms with E-state index < -0.39 is 0 Å². The van der Waals surface area contributed by atoms with Crippen LogP contribution in [0.3, 0.4) is 0 Å². The molecule has 0 aliphatic carbocycles. The second kappa shape index (κ2) is 5.58. The summed E-state index contributed by atoms with van der Waals surface area (Å²) in [7, 11) is 1.53. The molecule has 0 bridgehead atoms. The van der Waals surface area contributed by atoms with E-state index in [1.54, 1.807) is 42.9 Å². The number of benzene rings is 1. The van der Waals surface area contributed by atoms with Crippen LogP contribution in [0.1, 0.15) is 0 Å². The largest absolute Gasteiger partial charge is 0.481 e. The summed E-state index contributed by atoms with van der Waals surface area (Å²) in [4.78, 5) is 8.20. The molecule has 3 aromatic rings. The predicted octanol–water partition coefficient (Wildman–Crippen LogP) is 2.55. The van der Waals surface area contributed by atoms with Crippen LogP contribution >= 0.6 is 0 Å². The summed E-state index contributed by atoms with van der Waals surface area (Å²) >= 11 is 0. The van der Waals surface area contributed by atoms with Crippen LogP contribution in [0.2, 0.25) is 0 Å². The fourth-order valence-electron chi connectivity index (χ4n) is 1.80. The average molecular weight is 285 g/mol. The first-order valence-electron chi connectivity index (χ1n) is 6.20. The van der Waals surface area contributed by atoms with E-state index in [2.05, 4.69) is 20.4 Å². The van der Waals surface area contributed by atoms with Crippen LogP contribution in [0, 0.1) is 5.82 Å². The molecular weight excluding hydrogens is 273 g/mol. The van der Waals surface area contributed by atoms with Gasteiger partial charge in [0.25, 0.3) is 0 Å². The summed E-state index contributed by atoms with van der Waals surface area (Å²) in [6.45, 7) is 0. The van der Waals surface area contributed by atoms with Gasteiger partial charge in [-0.3, -0.25) is 0 Å². The number of rotatable bonds is 4. The van der Waals surface area contributed by atoms with E-state index >= 15 is 0 Å². The lowest BCUT2D eigenvalue weighted by Gasteiger charge is -2.03. The van der Waals surface area contributed by atoms with E-state index in [0.717, 1.165) is 0 Å². The minimum absolute atomic E-state index is 0.343. The topological polar surface area (TPSA) is 64.9 Å². The van der Waals surface area contributed by atoms with E-state index in [1.807, 2.05) is 0 Å². The van der Waals surface area contributed by atoms with Gasteiger partial charge in [0.05, 0.1) is 25.2 Å². The Morgan fingerprint density at radius 2 is 2.10 bits per heavy atom. The molecule has 21 heavy (non-hydrogen) atoms. The van der Waals surface area contributed by atoms with Crippen LogP contribution in [-0.4, -0.2) is 26.9 Å². The highest BCUT2D eigenvalue weighted by Crippen LogP contribution is 2.17. The van der Waals surface area contributed by atoms with E-state index in [-0.39, 0.29) is 5.82 Å². The zero-order chi connectivity index (χ0) is 14.7. The molecule has 7 heteroatoms. The first-order valence-corrected chi connectivity index (χ1v) is 6.20. The molecule has 0 saturated heterocycles. The van der Waals surface area contributed by atoms with Gasteiger partial charge in [-0.2, -0.15) is 10.1 Å². The number of aromatic nitrogens is 4. The second-order valence-corrected chi connectivity index (χ2v) is 4.17. The quantitative estimate of drug-likeness (QED) is 0.798. The van der Waals surface area contributed by atoms with Crippen molar-refractivity contribution in [1.29, 1.82) is 0 Å². The number of ether oxygens (including phenoxy) is 1. The number of para-hydroxylation sites is 1. The Hall–Kier alpha value is -2.96. The lowest BCUT2D eigenvalue weighted by Crippen LogP contribution is -1.98. The maximum Gasteiger partial charge on any atom is 0.230 e. The minimum Gasteiger partial charge on any atom is -0.481 e. The van der Waals surface area contributed by atoms with Crippen molar-refractivity contribution in [1.82, 2.24) is 19.7 Å². The molecule has 1 aromatic carbocycles. The van der Waals surface area contributed by atoms with Gasteiger partial charge in [-0.05, 0) is 12.1 Å². The van der Waals surface area contributed by atoms with Gasteiger partial charge in [0.1, 0.15) is 11.5 Å². The van der Waals surface area contributed by atoms with Gasteiger partial charge in [0.2, 0.25) is 11.8 Å². The molecule has 106 valence electrons. The summed E-state index contributed by atoms with van der Waals surface area (Å²) in [5.74, 6) is 0.487. The lowest BCUT2D eigenvalue weighted by atomic mass is 10.3. The van der Waals surface area contributed by atoms with Crippen molar-refractivity contribution in [2.24, 2.45) is 0 Å². The molecule has 0 saturated carbocycles. The highest BCUT2D eigenvalue weighted by atomic mass is 19.1. The van der Waals surface area contributed by atoms with E-state index in [4.69, 9.17) is 4.74 Å². The van der Waals surface area contributed by atoms with Crippen molar-refractivity contribution < 1.29 is 9.13 Å². The summed E-state index contributed by atoms with van der Waals surface area (Å²) in [6.07, 6.45) is 4.80. The molecular formula is C14H12FN5O. The zero-order valence-electron chi connectivity index (χ0n) is 11.2. The predicted molar refractivity (Wildman–Crippen MR) is 75.4 cm³/mol. The molecule has 0 aliphatic heterocycles. The SMILES string of the molecule is COc1ccnc(Nc2cnn(-c3ccccc3F)c2)n1. The Morgan fingerprint density at radius 3 is 2.90 bits per heavy atom. The molecule has 0 spiro atoms. The lowest BCUT2D eigenvalue weighted by molar-refractivity contribution is 0.397. The smallest absolute Gasteiger partial charge is 0.230 e. The van der Waals surface area contributed by atoms with Crippen LogP contribution < -0.4 is 10.1 Å². The van der Waals surface area contributed by atoms with E-state index in [9.17, 15) is 4.39 Å². The van der Waals surface area contributed by atoms with Crippen LogP contribution in [0.15, 0.2) is 48.9 Å². The second-order valence-electron chi connectivity index (χ2n) is 4.17. The van der Waals surface area contributed by atoms with E-state index in [1.165, 1.54) is 17.9 Å². The number of halogens is 1. The molecule has 2 aromatic heterocycles. The summed E-state index contributed by atoms with van der Waals surface area (Å²) in [6, 6.07) is 8.06. The number of nitrogens with one attached hydrogen (secondary N) is 1. The van der Waals surface area contributed by atoms with Gasteiger partial charge in [0.15, 0.2) is 0 Å². The van der Waals surface area contributed by atoms with Gasteiger partial charge in [0, 0.05) is 12.3 Å². The van der Waals surface area contributed by atoms with Crippen LogP contribution in [0.4, 0.5) is 16.0 Å². The van der Waals surface area contributed by atoms with Gasteiger partial charge < -0.3 is 10.1 Å². The first kappa shape index (κ1) is 13.0. The highest BCUT2D eigenvalue weighted by molar-refractivity contribution is 5.52. The summed E-state index contributed by atoms with van der Waals surface area (Å²) in [5.41, 5.74) is 1.02. The van der Waals surface area contributed by atoms with Crippen molar-refractivity contribution in [2.75, 3.05) is 12.4 Å². The van der Waals surface area contributed by atoms with Crippen molar-refractivity contribution in [3.63, 3.8) is 0 Å². The third-order valence-corrected chi connectivity index (χ3v) is 2.78. The van der Waals surface area contributed by atoms with Gasteiger partial charge in [-0.25, -0.2) is 14.1 Å². The van der Waals surface area contributed by atoms with Gasteiger partial charge in [-0.15, -0.1) is 0 Å². The molecule has 6 nitrogen and oxygen atoms in total. The van der Waals surface area contributed by atoms with Gasteiger partial charge in [-0.1, -0.05) is 12.1 Å². The average Bonchev–Trinajstić information content (AvgIpc) is 2.96. The molecule has 3 rings (SSSR count). The summed E-state index contributed by atoms with van der Waals surface area (Å²) < 4.78 is 20.2. The van der Waals surface area contributed by atoms with Crippen LogP contribution in [0.25, 0.3) is 5.69 Å². The minimum atomic E-state index is -0.343. The Bertz CT molecular complexity index is 758. The van der Waals surface area contributed by atoms with Crippen LogP contribution in [-0.2, 0) is 0 Å². The maximum absolute atomic E-state index is 13.7. The molecule has 0 aliphatic rings. The number of methoxy groups -OCH3 is 1. The third-order valence-electron chi connectivity index (χ3n) is 2.78. The summed E-state index contributed by atoms with van der Waals surface area (Å²) in [5, 5.41) is 7.09. The molecule has 0 fully saturated rings. The monoisotopic (exact) mass is 285 g/mol. The Morgan fingerprint density at radius 1 is 1.24 bits per heavy atom. The molecule has 0 amide bonds. The zero-order valence-corrected chi connectivity index (χ0v) is 11.2. The highest BCUT2D eigenvalue weighted by Gasteiger charge is 2.07. The van der Waals surface area contributed by atoms with Crippen molar-refractivity contribution in [2.45, 2.75) is 0 Å². The molecule has 2 heterocycles. The van der Waals surface area contributed by atoms with E-state index in [0.29, 0.717) is 23.2 Å². The number of hydrogen-bond acceptors (Lipinski definition) is 5. The Kier molecular flexibility index (Phi) is 3.46. The van der Waals surface area contributed by atoms with Crippen molar-refractivity contribution in [3.8, 4) is 11.6 Å². The van der Waals surface area contributed by atoms with Crippen molar-refractivity contribution >= 4 is 11.6 Å². The molecule has 0 atom stereocenters. The number of nitrogens with zero attached hydrogens (tertiary/aromatic N) is 4. The Balaban J connectivity index is 1.84. The van der Waals surface area contributed by atoms with Crippen LogP contribution in [0.5, 0.6) is 5.88 Å².